The summed E-state index contributed by atoms with van der Waals surface area (Å²) in [5.41, 5.74) is 0.123. The summed E-state index contributed by atoms with van der Waals surface area (Å²) >= 11 is 0. The van der Waals surface area contributed by atoms with Gasteiger partial charge in [0.25, 0.3) is 0 Å². The van der Waals surface area contributed by atoms with Gasteiger partial charge in [-0.05, 0) is 31.0 Å². The van der Waals surface area contributed by atoms with Crippen molar-refractivity contribution < 1.29 is 23.1 Å². The highest BCUT2D eigenvalue weighted by molar-refractivity contribution is 6.16. The van der Waals surface area contributed by atoms with Gasteiger partial charge in [0.1, 0.15) is 11.2 Å². The first-order chi connectivity index (χ1) is 17.3. The molecule has 2 N–H and O–H groups in total. The minimum absolute atomic E-state index is 0.244. The van der Waals surface area contributed by atoms with Crippen LogP contribution in [0.15, 0.2) is 73.2 Å². The van der Waals surface area contributed by atoms with Crippen LogP contribution in [-0.2, 0) is 16.6 Å². The Labute approximate surface area is 204 Å². The number of nitrogens with zero attached hydrogens (tertiary/aromatic N) is 3. The summed E-state index contributed by atoms with van der Waals surface area (Å²) in [4.78, 5) is 29.8. The number of aromatic nitrogens is 3. The Hall–Kier alpha value is -4.60. The van der Waals surface area contributed by atoms with Crippen LogP contribution in [0.2, 0.25) is 0 Å². The Morgan fingerprint density at radius 3 is 2.44 bits per heavy atom. The molecule has 1 aliphatic carbocycles. The van der Waals surface area contributed by atoms with Gasteiger partial charge >= 0.3 is 0 Å². The van der Waals surface area contributed by atoms with Gasteiger partial charge in [0.2, 0.25) is 11.8 Å². The van der Waals surface area contributed by atoms with Crippen molar-refractivity contribution in [1.29, 1.82) is 0 Å². The lowest BCUT2D eigenvalue weighted by molar-refractivity contribution is -0.131. The average molecular weight is 489 g/mol. The first kappa shape index (κ1) is 23.2. The van der Waals surface area contributed by atoms with Gasteiger partial charge in [-0.1, -0.05) is 18.2 Å². The minimum atomic E-state index is -1.33. The van der Waals surface area contributed by atoms with Gasteiger partial charge in [-0.3, -0.25) is 19.3 Å². The summed E-state index contributed by atoms with van der Waals surface area (Å²) < 4.78 is 36.8. The lowest BCUT2D eigenvalue weighted by atomic mass is 10.0. The summed E-state index contributed by atoms with van der Waals surface area (Å²) in [6.07, 6.45) is 5.48. The van der Waals surface area contributed by atoms with Crippen LogP contribution in [0.1, 0.15) is 12.8 Å². The number of pyridine rings is 1. The van der Waals surface area contributed by atoms with Crippen molar-refractivity contribution in [2.45, 2.75) is 12.8 Å². The van der Waals surface area contributed by atoms with Crippen molar-refractivity contribution in [2.24, 2.45) is 12.5 Å². The molecule has 2 amide bonds. The van der Waals surface area contributed by atoms with Crippen LogP contribution in [0.4, 0.5) is 20.2 Å². The van der Waals surface area contributed by atoms with Crippen LogP contribution in [0.3, 0.4) is 0 Å². The number of amides is 2. The highest BCUT2D eigenvalue weighted by Crippen LogP contribution is 2.47. The molecule has 1 saturated carbocycles. The summed E-state index contributed by atoms with van der Waals surface area (Å²) in [7, 11) is 1.77. The molecule has 0 atom stereocenters. The third kappa shape index (κ3) is 4.65. The van der Waals surface area contributed by atoms with Gasteiger partial charge in [-0.15, -0.1) is 0 Å². The average Bonchev–Trinajstić information content (AvgIpc) is 3.58. The highest BCUT2D eigenvalue weighted by atomic mass is 19.1. The van der Waals surface area contributed by atoms with E-state index < -0.39 is 28.9 Å². The van der Waals surface area contributed by atoms with E-state index in [1.54, 1.807) is 60.5 Å². The van der Waals surface area contributed by atoms with E-state index in [-0.39, 0.29) is 17.2 Å². The van der Waals surface area contributed by atoms with Crippen LogP contribution < -0.4 is 15.4 Å². The first-order valence-corrected chi connectivity index (χ1v) is 11.1. The Balaban J connectivity index is 1.30. The molecular formula is C26H21F2N5O3. The van der Waals surface area contributed by atoms with E-state index in [4.69, 9.17) is 4.74 Å². The standard InChI is InChI=1S/C26H21F2N5O3/c1-33-15-16(14-30-33)21-11-18(7-10-29-21)36-23-13-19(27)22(12-20(23)28)32-25(35)26(8-9-26)24(34)31-17-5-3-2-4-6-17/h2-7,10-15H,8-9H2,1H3,(H,31,34)(H,32,35). The molecule has 36 heavy (non-hydrogen) atoms. The van der Waals surface area contributed by atoms with Crippen LogP contribution >= 0.6 is 0 Å². The first-order valence-electron chi connectivity index (χ1n) is 11.1. The largest absolute Gasteiger partial charge is 0.454 e. The number of rotatable bonds is 7. The molecule has 10 heteroatoms. The number of aryl methyl sites for hydroxylation is 1. The molecule has 0 bridgehead atoms. The second kappa shape index (κ2) is 9.21. The van der Waals surface area contributed by atoms with Crippen molar-refractivity contribution >= 4 is 23.2 Å². The SMILES string of the molecule is Cn1cc(-c2cc(Oc3cc(F)c(NC(=O)C4(C(=O)Nc5ccccc5)CC4)cc3F)ccn2)cn1. The second-order valence-electron chi connectivity index (χ2n) is 8.50. The van der Waals surface area contributed by atoms with Gasteiger partial charge in [0.15, 0.2) is 17.4 Å². The fourth-order valence-corrected chi connectivity index (χ4v) is 3.71. The smallest absolute Gasteiger partial charge is 0.240 e. The molecular weight excluding hydrogens is 468 g/mol. The zero-order valence-corrected chi connectivity index (χ0v) is 19.2. The van der Waals surface area contributed by atoms with Crippen LogP contribution in [0.25, 0.3) is 11.3 Å². The summed E-state index contributed by atoms with van der Waals surface area (Å²) in [5, 5.41) is 9.13. The molecule has 0 aliphatic heterocycles. The molecule has 1 fully saturated rings. The van der Waals surface area contributed by atoms with E-state index in [2.05, 4.69) is 20.7 Å². The van der Waals surface area contributed by atoms with Crippen molar-refractivity contribution in [3.05, 3.63) is 84.8 Å². The van der Waals surface area contributed by atoms with Crippen LogP contribution in [0, 0.1) is 17.0 Å². The predicted molar refractivity (Wildman–Crippen MR) is 128 cm³/mol. The number of para-hydroxylation sites is 1. The summed E-state index contributed by atoms with van der Waals surface area (Å²) in [5.74, 6) is -3.09. The zero-order chi connectivity index (χ0) is 25.3. The summed E-state index contributed by atoms with van der Waals surface area (Å²) in [6.45, 7) is 0. The minimum Gasteiger partial charge on any atom is -0.454 e. The van der Waals surface area contributed by atoms with E-state index in [0.29, 0.717) is 24.2 Å². The summed E-state index contributed by atoms with van der Waals surface area (Å²) in [6, 6.07) is 13.5. The molecule has 8 nitrogen and oxygen atoms in total. The Kier molecular flexibility index (Phi) is 5.93. The molecule has 2 aromatic carbocycles. The fourth-order valence-electron chi connectivity index (χ4n) is 3.71. The molecule has 0 spiro atoms. The lowest BCUT2D eigenvalue weighted by Gasteiger charge is -2.16. The number of carbonyl (C=O) groups excluding carboxylic acids is 2. The molecule has 1 aliphatic rings. The normalized spacial score (nSPS) is 13.6. The van der Waals surface area contributed by atoms with E-state index in [1.807, 2.05) is 0 Å². The number of hydrogen-bond donors (Lipinski definition) is 2. The second-order valence-corrected chi connectivity index (χ2v) is 8.50. The molecule has 182 valence electrons. The van der Waals surface area contributed by atoms with E-state index in [0.717, 1.165) is 17.7 Å². The maximum Gasteiger partial charge on any atom is 0.240 e. The number of halogens is 2. The van der Waals surface area contributed by atoms with Crippen molar-refractivity contribution in [3.8, 4) is 22.8 Å². The number of hydrogen-bond acceptors (Lipinski definition) is 5. The van der Waals surface area contributed by atoms with Crippen LogP contribution in [-0.4, -0.2) is 26.6 Å². The molecule has 2 aromatic heterocycles. The van der Waals surface area contributed by atoms with Crippen molar-refractivity contribution in [3.63, 3.8) is 0 Å². The number of carbonyl (C=O) groups is 2. The monoisotopic (exact) mass is 489 g/mol. The predicted octanol–water partition coefficient (Wildman–Crippen LogP) is 4.91. The number of benzene rings is 2. The van der Waals surface area contributed by atoms with E-state index in [1.165, 1.54) is 12.3 Å². The van der Waals surface area contributed by atoms with Gasteiger partial charge in [0.05, 0.1) is 17.6 Å². The quantitative estimate of drug-likeness (QED) is 0.360. The molecule has 2 heterocycles. The van der Waals surface area contributed by atoms with Gasteiger partial charge in [-0.2, -0.15) is 5.10 Å². The molecule has 0 unspecified atom stereocenters. The Morgan fingerprint density at radius 1 is 1.00 bits per heavy atom. The number of anilines is 2. The van der Waals surface area contributed by atoms with Crippen molar-refractivity contribution in [2.75, 3.05) is 10.6 Å². The topological polar surface area (TPSA) is 98.1 Å². The van der Waals surface area contributed by atoms with E-state index in [9.17, 15) is 18.4 Å². The number of ether oxygens (including phenoxy) is 1. The fraction of sp³-hybridized carbons (Fsp3) is 0.154. The van der Waals surface area contributed by atoms with Gasteiger partial charge in [0, 0.05) is 48.9 Å². The molecule has 0 radical (unpaired) electrons. The highest BCUT2D eigenvalue weighted by Gasteiger charge is 2.56. The van der Waals surface area contributed by atoms with Gasteiger partial charge in [-0.25, -0.2) is 8.78 Å². The zero-order valence-electron chi connectivity index (χ0n) is 19.2. The molecule has 0 saturated heterocycles. The van der Waals surface area contributed by atoms with Crippen molar-refractivity contribution in [1.82, 2.24) is 14.8 Å². The maximum absolute atomic E-state index is 14.8. The Bertz CT molecular complexity index is 1450. The molecule has 4 aromatic rings. The van der Waals surface area contributed by atoms with E-state index >= 15 is 0 Å². The number of nitrogens with one attached hydrogen (secondary N) is 2. The Morgan fingerprint density at radius 2 is 1.75 bits per heavy atom. The van der Waals surface area contributed by atoms with Gasteiger partial charge < -0.3 is 15.4 Å². The third-order valence-electron chi connectivity index (χ3n) is 5.88. The van der Waals surface area contributed by atoms with Crippen LogP contribution in [0.5, 0.6) is 11.5 Å². The maximum atomic E-state index is 14.8. The lowest BCUT2D eigenvalue weighted by Crippen LogP contribution is -2.35. The molecule has 5 rings (SSSR count). The third-order valence-corrected chi connectivity index (χ3v) is 5.88.